The highest BCUT2D eigenvalue weighted by Crippen LogP contribution is 2.27. The van der Waals surface area contributed by atoms with Gasteiger partial charge in [0.25, 0.3) is 0 Å². The molecular weight excluding hydrogens is 224 g/mol. The quantitative estimate of drug-likeness (QED) is 0.698. The number of benzene rings is 1. The van der Waals surface area contributed by atoms with E-state index in [0.29, 0.717) is 0 Å². The molecule has 0 fully saturated rings. The molecule has 3 rings (SSSR count). The van der Waals surface area contributed by atoms with Crippen LogP contribution in [0.5, 0.6) is 0 Å². The van der Waals surface area contributed by atoms with E-state index in [1.807, 2.05) is 35.2 Å². The van der Waals surface area contributed by atoms with Crippen LogP contribution in [0.1, 0.15) is 12.7 Å². The summed E-state index contributed by atoms with van der Waals surface area (Å²) < 4.78 is 2.04. The number of hydrogen-bond acceptors (Lipinski definition) is 3. The van der Waals surface area contributed by atoms with Gasteiger partial charge < -0.3 is 10.3 Å². The lowest BCUT2D eigenvalue weighted by molar-refractivity contribution is 0.894. The van der Waals surface area contributed by atoms with Crippen LogP contribution in [-0.2, 0) is 6.42 Å². The van der Waals surface area contributed by atoms with Crippen LogP contribution in [0.3, 0.4) is 0 Å². The average Bonchev–Trinajstić information content (AvgIpc) is 2.88. The Morgan fingerprint density at radius 1 is 1.22 bits per heavy atom. The van der Waals surface area contributed by atoms with Crippen molar-refractivity contribution in [2.45, 2.75) is 13.3 Å². The smallest absolute Gasteiger partial charge is 0.112 e. The van der Waals surface area contributed by atoms with E-state index in [1.165, 1.54) is 0 Å². The molecule has 0 aliphatic carbocycles. The van der Waals surface area contributed by atoms with Crippen molar-refractivity contribution in [3.8, 4) is 5.69 Å². The fraction of sp³-hybridized carbons (Fsp3) is 0.143. The Morgan fingerprint density at radius 2 is 2.11 bits per heavy atom. The molecule has 0 saturated heterocycles. The van der Waals surface area contributed by atoms with Crippen LogP contribution in [0.15, 0.2) is 43.0 Å². The molecule has 2 heterocycles. The van der Waals surface area contributed by atoms with Gasteiger partial charge in [0.15, 0.2) is 0 Å². The molecule has 0 unspecified atom stereocenters. The molecule has 2 N–H and O–H groups in total. The summed E-state index contributed by atoms with van der Waals surface area (Å²) >= 11 is 0. The highest BCUT2D eigenvalue weighted by atomic mass is 15.1. The fourth-order valence-corrected chi connectivity index (χ4v) is 2.21. The third kappa shape index (κ3) is 1.54. The lowest BCUT2D eigenvalue weighted by Gasteiger charge is -2.11. The zero-order valence-corrected chi connectivity index (χ0v) is 10.2. The fourth-order valence-electron chi connectivity index (χ4n) is 2.21. The Labute approximate surface area is 105 Å². The number of hydrogen-bond donors (Lipinski definition) is 1. The first kappa shape index (κ1) is 10.8. The van der Waals surface area contributed by atoms with Crippen molar-refractivity contribution in [3.05, 3.63) is 48.8 Å². The van der Waals surface area contributed by atoms with Gasteiger partial charge in [-0.2, -0.15) is 0 Å². The SMILES string of the molecule is CCc1nccn1-c1ccc2cnccc2c1N. The van der Waals surface area contributed by atoms with Gasteiger partial charge in [0, 0.05) is 42.0 Å². The largest absolute Gasteiger partial charge is 0.397 e. The van der Waals surface area contributed by atoms with Crippen LogP contribution in [0.4, 0.5) is 5.69 Å². The van der Waals surface area contributed by atoms with E-state index in [9.17, 15) is 0 Å². The minimum atomic E-state index is 0.766. The van der Waals surface area contributed by atoms with Crippen molar-refractivity contribution in [1.82, 2.24) is 14.5 Å². The molecule has 4 nitrogen and oxygen atoms in total. The number of aromatic nitrogens is 3. The maximum absolute atomic E-state index is 6.26. The van der Waals surface area contributed by atoms with Crippen molar-refractivity contribution in [2.75, 3.05) is 5.73 Å². The molecule has 0 spiro atoms. The molecule has 0 amide bonds. The molecule has 0 aliphatic rings. The molecular formula is C14H14N4. The molecule has 3 aromatic rings. The van der Waals surface area contributed by atoms with E-state index in [1.54, 1.807) is 12.4 Å². The first-order valence-electron chi connectivity index (χ1n) is 5.96. The highest BCUT2D eigenvalue weighted by Gasteiger charge is 2.09. The van der Waals surface area contributed by atoms with Crippen LogP contribution in [0.25, 0.3) is 16.5 Å². The Morgan fingerprint density at radius 3 is 2.94 bits per heavy atom. The molecule has 90 valence electrons. The van der Waals surface area contributed by atoms with Gasteiger partial charge in [-0.25, -0.2) is 4.98 Å². The van der Waals surface area contributed by atoms with Gasteiger partial charge >= 0.3 is 0 Å². The van der Waals surface area contributed by atoms with Gasteiger partial charge in [-0.3, -0.25) is 4.98 Å². The van der Waals surface area contributed by atoms with Gasteiger partial charge in [-0.15, -0.1) is 0 Å². The van der Waals surface area contributed by atoms with Crippen molar-refractivity contribution in [3.63, 3.8) is 0 Å². The third-order valence-electron chi connectivity index (χ3n) is 3.13. The van der Waals surface area contributed by atoms with Crippen molar-refractivity contribution in [2.24, 2.45) is 0 Å². The van der Waals surface area contributed by atoms with E-state index in [2.05, 4.69) is 16.9 Å². The molecule has 2 aromatic heterocycles. The monoisotopic (exact) mass is 238 g/mol. The average molecular weight is 238 g/mol. The lowest BCUT2D eigenvalue weighted by atomic mass is 10.1. The van der Waals surface area contributed by atoms with Crippen LogP contribution in [0.2, 0.25) is 0 Å². The lowest BCUT2D eigenvalue weighted by Crippen LogP contribution is -2.03. The number of imidazole rings is 1. The van der Waals surface area contributed by atoms with Crippen LogP contribution in [0, 0.1) is 0 Å². The van der Waals surface area contributed by atoms with Gasteiger partial charge in [0.2, 0.25) is 0 Å². The molecule has 0 saturated carbocycles. The number of pyridine rings is 1. The maximum Gasteiger partial charge on any atom is 0.112 e. The number of anilines is 1. The predicted molar refractivity (Wildman–Crippen MR) is 72.7 cm³/mol. The Bertz CT molecular complexity index is 700. The predicted octanol–water partition coefficient (Wildman–Crippen LogP) is 2.57. The van der Waals surface area contributed by atoms with Crippen LogP contribution in [-0.4, -0.2) is 14.5 Å². The molecule has 0 aliphatic heterocycles. The van der Waals surface area contributed by atoms with Crippen molar-refractivity contribution < 1.29 is 0 Å². The van der Waals surface area contributed by atoms with Gasteiger partial charge in [0.05, 0.1) is 11.4 Å². The summed E-state index contributed by atoms with van der Waals surface area (Å²) in [5, 5.41) is 2.08. The van der Waals surface area contributed by atoms with E-state index in [0.717, 1.165) is 34.4 Å². The molecule has 0 bridgehead atoms. The summed E-state index contributed by atoms with van der Waals surface area (Å²) in [6.07, 6.45) is 8.20. The van der Waals surface area contributed by atoms with E-state index in [-0.39, 0.29) is 0 Å². The van der Waals surface area contributed by atoms with Crippen LogP contribution < -0.4 is 5.73 Å². The standard InChI is InChI=1S/C14H14N4/c1-2-13-17-7-8-18(13)12-4-3-10-9-16-6-5-11(10)14(12)15/h3-9H,2,15H2,1H3. The van der Waals surface area contributed by atoms with Crippen LogP contribution >= 0.6 is 0 Å². The Balaban J connectivity index is 2.27. The number of nitrogens with two attached hydrogens (primary N) is 1. The zero-order chi connectivity index (χ0) is 12.5. The van der Waals surface area contributed by atoms with Crippen molar-refractivity contribution >= 4 is 16.5 Å². The topological polar surface area (TPSA) is 56.7 Å². The minimum absolute atomic E-state index is 0.766. The van der Waals surface area contributed by atoms with E-state index >= 15 is 0 Å². The third-order valence-corrected chi connectivity index (χ3v) is 3.13. The molecule has 0 atom stereocenters. The van der Waals surface area contributed by atoms with E-state index < -0.39 is 0 Å². The second kappa shape index (κ2) is 4.14. The first-order valence-corrected chi connectivity index (χ1v) is 5.96. The molecule has 0 radical (unpaired) electrons. The molecule has 18 heavy (non-hydrogen) atoms. The first-order chi connectivity index (χ1) is 8.81. The summed E-state index contributed by atoms with van der Waals surface area (Å²) in [5.74, 6) is 1.01. The molecule has 4 heteroatoms. The summed E-state index contributed by atoms with van der Waals surface area (Å²) in [6, 6.07) is 5.99. The van der Waals surface area contributed by atoms with Gasteiger partial charge in [-0.1, -0.05) is 13.0 Å². The minimum Gasteiger partial charge on any atom is -0.397 e. The normalized spacial score (nSPS) is 10.9. The number of aryl methyl sites for hydroxylation is 1. The maximum atomic E-state index is 6.26. The van der Waals surface area contributed by atoms with Gasteiger partial charge in [-0.05, 0) is 12.1 Å². The summed E-state index contributed by atoms with van der Waals surface area (Å²) in [7, 11) is 0. The second-order valence-corrected chi connectivity index (χ2v) is 4.16. The number of nitrogens with zero attached hydrogens (tertiary/aromatic N) is 3. The number of fused-ring (bicyclic) bond motifs is 1. The Kier molecular flexibility index (Phi) is 2.48. The Hall–Kier alpha value is -2.36. The zero-order valence-electron chi connectivity index (χ0n) is 10.2. The summed E-state index contributed by atoms with van der Waals surface area (Å²) in [4.78, 5) is 8.43. The van der Waals surface area contributed by atoms with Crippen molar-refractivity contribution in [1.29, 1.82) is 0 Å². The number of rotatable bonds is 2. The van der Waals surface area contributed by atoms with E-state index in [4.69, 9.17) is 5.73 Å². The second-order valence-electron chi connectivity index (χ2n) is 4.16. The highest BCUT2D eigenvalue weighted by molar-refractivity contribution is 5.96. The van der Waals surface area contributed by atoms with Gasteiger partial charge in [0.1, 0.15) is 5.82 Å². The molecule has 1 aromatic carbocycles. The summed E-state index contributed by atoms with van der Waals surface area (Å²) in [6.45, 7) is 2.08. The summed E-state index contributed by atoms with van der Waals surface area (Å²) in [5.41, 5.74) is 8.00. The number of nitrogen functional groups attached to an aromatic ring is 1.